The van der Waals surface area contributed by atoms with Gasteiger partial charge in [0.1, 0.15) is 11.6 Å². The van der Waals surface area contributed by atoms with Crippen molar-refractivity contribution in [2.24, 2.45) is 0 Å². The van der Waals surface area contributed by atoms with Crippen LogP contribution in [0.1, 0.15) is 32.2 Å². The first kappa shape index (κ1) is 25.2. The van der Waals surface area contributed by atoms with E-state index in [0.717, 1.165) is 6.42 Å². The third-order valence-corrected chi connectivity index (χ3v) is 5.99. The van der Waals surface area contributed by atoms with Gasteiger partial charge in [-0.25, -0.2) is 4.39 Å². The Morgan fingerprint density at radius 2 is 1.85 bits per heavy atom. The topological polar surface area (TPSA) is 98.1 Å². The van der Waals surface area contributed by atoms with Crippen molar-refractivity contribution in [1.82, 2.24) is 20.1 Å². The molecule has 0 saturated carbocycles. The van der Waals surface area contributed by atoms with Crippen LogP contribution in [0.25, 0.3) is 0 Å². The molecule has 10 heteroatoms. The van der Waals surface area contributed by atoms with Crippen molar-refractivity contribution in [3.63, 3.8) is 0 Å². The molecule has 0 unspecified atom stereocenters. The summed E-state index contributed by atoms with van der Waals surface area (Å²) in [5.74, 6) is 0.112. The first-order valence-electron chi connectivity index (χ1n) is 11.0. The van der Waals surface area contributed by atoms with Gasteiger partial charge in [0.15, 0.2) is 17.1 Å². The number of carbonyl (C=O) groups is 2. The third kappa shape index (κ3) is 6.80. The fourth-order valence-corrected chi connectivity index (χ4v) is 3.95. The number of thioether (sulfide) groups is 1. The van der Waals surface area contributed by atoms with Crippen LogP contribution in [0.2, 0.25) is 0 Å². The highest BCUT2D eigenvalue weighted by Crippen LogP contribution is 2.19. The summed E-state index contributed by atoms with van der Waals surface area (Å²) in [4.78, 5) is 24.7. The average molecular weight is 486 g/mol. The SMILES string of the molecule is CCc1ccc(O[C@@H](C)C(=O)NCc2nnc(SCC(=O)Nc3ccccc3F)n2CC)cc1. The van der Waals surface area contributed by atoms with Crippen molar-refractivity contribution in [1.29, 1.82) is 0 Å². The molecule has 1 atom stereocenters. The number of para-hydroxylation sites is 1. The number of anilines is 1. The molecule has 0 spiro atoms. The third-order valence-electron chi connectivity index (χ3n) is 5.02. The van der Waals surface area contributed by atoms with Gasteiger partial charge in [-0.05, 0) is 50.1 Å². The summed E-state index contributed by atoms with van der Waals surface area (Å²) in [6.45, 7) is 6.41. The number of rotatable bonds is 11. The van der Waals surface area contributed by atoms with Crippen LogP contribution in [0.15, 0.2) is 53.7 Å². The largest absolute Gasteiger partial charge is 0.481 e. The second-order valence-corrected chi connectivity index (χ2v) is 8.38. The van der Waals surface area contributed by atoms with E-state index >= 15 is 0 Å². The van der Waals surface area contributed by atoms with Gasteiger partial charge in [-0.1, -0.05) is 43.0 Å². The molecule has 34 heavy (non-hydrogen) atoms. The Balaban J connectivity index is 1.51. The van der Waals surface area contributed by atoms with Gasteiger partial charge in [-0.15, -0.1) is 10.2 Å². The Labute approximate surface area is 202 Å². The first-order valence-corrected chi connectivity index (χ1v) is 12.0. The second-order valence-electron chi connectivity index (χ2n) is 7.44. The molecule has 8 nitrogen and oxygen atoms in total. The minimum absolute atomic E-state index is 0.0422. The van der Waals surface area contributed by atoms with Crippen LogP contribution in [0, 0.1) is 5.82 Å². The zero-order chi connectivity index (χ0) is 24.5. The Kier molecular flexibility index (Phi) is 9.03. The molecule has 180 valence electrons. The lowest BCUT2D eigenvalue weighted by atomic mass is 10.2. The normalized spacial score (nSPS) is 11.6. The number of aryl methyl sites for hydroxylation is 1. The van der Waals surface area contributed by atoms with Crippen molar-refractivity contribution in [2.75, 3.05) is 11.1 Å². The lowest BCUT2D eigenvalue weighted by Crippen LogP contribution is -2.36. The van der Waals surface area contributed by atoms with Crippen LogP contribution in [-0.4, -0.2) is 38.4 Å². The number of nitrogens with one attached hydrogen (secondary N) is 2. The number of benzene rings is 2. The highest BCUT2D eigenvalue weighted by Gasteiger charge is 2.18. The van der Waals surface area contributed by atoms with Gasteiger partial charge in [-0.3, -0.25) is 9.59 Å². The van der Waals surface area contributed by atoms with Crippen LogP contribution in [0.4, 0.5) is 10.1 Å². The Morgan fingerprint density at radius 3 is 2.53 bits per heavy atom. The van der Waals surface area contributed by atoms with E-state index in [9.17, 15) is 14.0 Å². The van der Waals surface area contributed by atoms with Crippen molar-refractivity contribution >= 4 is 29.3 Å². The molecule has 2 N–H and O–H groups in total. The van der Waals surface area contributed by atoms with Gasteiger partial charge in [0.05, 0.1) is 18.0 Å². The average Bonchev–Trinajstić information content (AvgIpc) is 3.24. The summed E-state index contributed by atoms with van der Waals surface area (Å²) in [5.41, 5.74) is 1.33. The summed E-state index contributed by atoms with van der Waals surface area (Å²) in [5, 5.41) is 14.2. The fourth-order valence-electron chi connectivity index (χ4n) is 3.12. The first-order chi connectivity index (χ1) is 16.4. The minimum atomic E-state index is -0.679. The zero-order valence-corrected chi connectivity index (χ0v) is 20.2. The molecular weight excluding hydrogens is 457 g/mol. The van der Waals surface area contributed by atoms with Gasteiger partial charge in [0.2, 0.25) is 5.91 Å². The van der Waals surface area contributed by atoms with Gasteiger partial charge in [0, 0.05) is 6.54 Å². The summed E-state index contributed by atoms with van der Waals surface area (Å²) in [7, 11) is 0. The molecule has 0 aliphatic rings. The molecule has 0 saturated heterocycles. The van der Waals surface area contributed by atoms with E-state index in [1.54, 1.807) is 19.1 Å². The molecular formula is C24H28FN5O3S. The van der Waals surface area contributed by atoms with E-state index in [-0.39, 0.29) is 29.8 Å². The maximum atomic E-state index is 13.7. The van der Waals surface area contributed by atoms with Crippen LogP contribution in [0.3, 0.4) is 0 Å². The van der Waals surface area contributed by atoms with E-state index < -0.39 is 11.9 Å². The molecule has 3 rings (SSSR count). The molecule has 2 aromatic carbocycles. The lowest BCUT2D eigenvalue weighted by Gasteiger charge is -2.15. The molecule has 0 fully saturated rings. The Bertz CT molecular complexity index is 1120. The molecule has 1 heterocycles. The molecule has 1 aromatic heterocycles. The molecule has 0 bridgehead atoms. The monoisotopic (exact) mass is 485 g/mol. The highest BCUT2D eigenvalue weighted by atomic mass is 32.2. The van der Waals surface area contributed by atoms with Crippen LogP contribution in [-0.2, 0) is 29.1 Å². The van der Waals surface area contributed by atoms with E-state index in [0.29, 0.717) is 23.3 Å². The van der Waals surface area contributed by atoms with Crippen molar-refractivity contribution in [3.8, 4) is 5.75 Å². The summed E-state index contributed by atoms with van der Waals surface area (Å²) < 4.78 is 21.2. The van der Waals surface area contributed by atoms with E-state index in [2.05, 4.69) is 27.8 Å². The van der Waals surface area contributed by atoms with Crippen LogP contribution in [0.5, 0.6) is 5.75 Å². The zero-order valence-electron chi connectivity index (χ0n) is 19.4. The standard InChI is InChI=1S/C24H28FN5O3S/c1-4-17-10-12-18(13-11-17)33-16(3)23(32)26-14-21-28-29-24(30(21)5-2)34-15-22(31)27-20-9-7-6-8-19(20)25/h6-13,16H,4-5,14-15H2,1-3H3,(H,26,32)(H,27,31)/t16-/m0/s1. The summed E-state index contributed by atoms with van der Waals surface area (Å²) in [6, 6.07) is 13.6. The van der Waals surface area contributed by atoms with Gasteiger partial charge >= 0.3 is 0 Å². The highest BCUT2D eigenvalue weighted by molar-refractivity contribution is 7.99. The molecule has 3 aromatic rings. The second kappa shape index (κ2) is 12.2. The lowest BCUT2D eigenvalue weighted by molar-refractivity contribution is -0.127. The van der Waals surface area contributed by atoms with E-state index in [1.165, 1.54) is 29.5 Å². The predicted molar refractivity (Wildman–Crippen MR) is 129 cm³/mol. The van der Waals surface area contributed by atoms with Crippen molar-refractivity contribution < 1.29 is 18.7 Å². The van der Waals surface area contributed by atoms with Gasteiger partial charge < -0.3 is 19.9 Å². The van der Waals surface area contributed by atoms with Crippen LogP contribution >= 0.6 is 11.8 Å². The maximum Gasteiger partial charge on any atom is 0.261 e. The molecule has 0 aliphatic carbocycles. The number of hydrogen-bond acceptors (Lipinski definition) is 6. The number of hydrogen-bond donors (Lipinski definition) is 2. The van der Waals surface area contributed by atoms with E-state index in [4.69, 9.17) is 4.74 Å². The van der Waals surface area contributed by atoms with E-state index in [1.807, 2.05) is 35.8 Å². The molecule has 2 amide bonds. The predicted octanol–water partition coefficient (Wildman–Crippen LogP) is 3.81. The Hall–Kier alpha value is -3.40. The minimum Gasteiger partial charge on any atom is -0.481 e. The van der Waals surface area contributed by atoms with Crippen LogP contribution < -0.4 is 15.4 Å². The van der Waals surface area contributed by atoms with Crippen molar-refractivity contribution in [3.05, 3.63) is 65.7 Å². The molecule has 0 radical (unpaired) electrons. The number of ether oxygens (including phenoxy) is 1. The van der Waals surface area contributed by atoms with Crippen molar-refractivity contribution in [2.45, 2.75) is 51.5 Å². The number of carbonyl (C=O) groups excluding carboxylic acids is 2. The number of halogens is 1. The van der Waals surface area contributed by atoms with Gasteiger partial charge in [-0.2, -0.15) is 0 Å². The quantitative estimate of drug-likeness (QED) is 0.401. The number of aromatic nitrogens is 3. The summed E-state index contributed by atoms with van der Waals surface area (Å²) in [6.07, 6.45) is 0.256. The maximum absolute atomic E-state index is 13.7. The Morgan fingerprint density at radius 1 is 1.12 bits per heavy atom. The smallest absolute Gasteiger partial charge is 0.261 e. The molecule has 0 aliphatic heterocycles. The van der Waals surface area contributed by atoms with Gasteiger partial charge in [0.25, 0.3) is 5.91 Å². The number of amides is 2. The fraction of sp³-hybridized carbons (Fsp3) is 0.333. The summed E-state index contributed by atoms with van der Waals surface area (Å²) >= 11 is 1.19. The number of nitrogens with zero attached hydrogens (tertiary/aromatic N) is 3.